The Kier molecular flexibility index (Phi) is 7.56. The van der Waals surface area contributed by atoms with Gasteiger partial charge in [0.05, 0.1) is 6.61 Å². The SMILES string of the molecule is CC(NSCCCCCN1CC(=O)NC1=O)c1ccc(F)cc1OCC1CC1. The summed E-state index contributed by atoms with van der Waals surface area (Å²) in [5.74, 6) is 1.70. The number of hydrogen-bond acceptors (Lipinski definition) is 5. The normalized spacial score (nSPS) is 17.7. The molecule has 1 unspecified atom stereocenters. The number of benzene rings is 1. The molecule has 8 heteroatoms. The number of imide groups is 1. The molecule has 1 aliphatic heterocycles. The maximum atomic E-state index is 13.6. The molecule has 3 amide bonds. The van der Waals surface area contributed by atoms with E-state index in [2.05, 4.69) is 10.0 Å². The quantitative estimate of drug-likeness (QED) is 0.313. The molecule has 6 nitrogen and oxygen atoms in total. The number of amides is 3. The molecule has 1 aliphatic carbocycles. The van der Waals surface area contributed by atoms with E-state index in [1.165, 1.54) is 25.0 Å². The lowest BCUT2D eigenvalue weighted by atomic mass is 10.1. The van der Waals surface area contributed by atoms with Gasteiger partial charge in [0.1, 0.15) is 18.1 Å². The minimum atomic E-state index is -0.283. The van der Waals surface area contributed by atoms with Gasteiger partial charge >= 0.3 is 6.03 Å². The van der Waals surface area contributed by atoms with Crippen LogP contribution in [0.4, 0.5) is 9.18 Å². The summed E-state index contributed by atoms with van der Waals surface area (Å²) in [6, 6.07) is 4.51. The molecule has 1 aromatic carbocycles. The molecule has 2 fully saturated rings. The summed E-state index contributed by atoms with van der Waals surface area (Å²) in [5, 5.41) is 2.28. The summed E-state index contributed by atoms with van der Waals surface area (Å²) in [7, 11) is 0. The minimum absolute atomic E-state index is 0.0547. The second kappa shape index (κ2) is 10.1. The van der Waals surface area contributed by atoms with E-state index >= 15 is 0 Å². The van der Waals surface area contributed by atoms with Crippen molar-refractivity contribution in [2.45, 2.75) is 45.1 Å². The van der Waals surface area contributed by atoms with Crippen LogP contribution < -0.4 is 14.8 Å². The van der Waals surface area contributed by atoms with Crippen LogP contribution in [0.3, 0.4) is 0 Å². The van der Waals surface area contributed by atoms with Crippen molar-refractivity contribution in [1.29, 1.82) is 0 Å². The number of ether oxygens (including phenoxy) is 1. The van der Waals surface area contributed by atoms with Crippen molar-refractivity contribution in [2.24, 2.45) is 5.92 Å². The van der Waals surface area contributed by atoms with Crippen molar-refractivity contribution in [2.75, 3.05) is 25.4 Å². The molecule has 3 rings (SSSR count). The van der Waals surface area contributed by atoms with Gasteiger partial charge in [-0.3, -0.25) is 14.8 Å². The van der Waals surface area contributed by atoms with Crippen molar-refractivity contribution >= 4 is 23.9 Å². The zero-order valence-corrected chi connectivity index (χ0v) is 17.0. The number of nitrogens with zero attached hydrogens (tertiary/aromatic N) is 1. The van der Waals surface area contributed by atoms with Gasteiger partial charge in [-0.1, -0.05) is 24.4 Å². The first-order valence-electron chi connectivity index (χ1n) is 9.91. The smallest absolute Gasteiger partial charge is 0.324 e. The van der Waals surface area contributed by atoms with Crippen molar-refractivity contribution in [3.05, 3.63) is 29.6 Å². The third kappa shape index (κ3) is 6.38. The van der Waals surface area contributed by atoms with Gasteiger partial charge in [0.2, 0.25) is 5.91 Å². The maximum absolute atomic E-state index is 13.6. The molecule has 1 saturated heterocycles. The fourth-order valence-corrected chi connectivity index (χ4v) is 3.89. The van der Waals surface area contributed by atoms with Crippen LogP contribution in [0.5, 0.6) is 5.75 Å². The Morgan fingerprint density at radius 3 is 2.86 bits per heavy atom. The van der Waals surface area contributed by atoms with Crippen LogP contribution in [-0.4, -0.2) is 42.3 Å². The lowest BCUT2D eigenvalue weighted by Crippen LogP contribution is -2.29. The molecule has 1 saturated carbocycles. The van der Waals surface area contributed by atoms with Gasteiger partial charge < -0.3 is 9.64 Å². The fraction of sp³-hybridized carbons (Fsp3) is 0.600. The molecule has 2 N–H and O–H groups in total. The van der Waals surface area contributed by atoms with Crippen LogP contribution in [0.2, 0.25) is 0 Å². The molecule has 0 radical (unpaired) electrons. The van der Waals surface area contributed by atoms with E-state index in [9.17, 15) is 14.0 Å². The summed E-state index contributed by atoms with van der Waals surface area (Å²) in [6.45, 7) is 3.50. The molecule has 1 atom stereocenters. The summed E-state index contributed by atoms with van der Waals surface area (Å²) >= 11 is 1.64. The van der Waals surface area contributed by atoms with Crippen LogP contribution in [-0.2, 0) is 4.79 Å². The Morgan fingerprint density at radius 2 is 2.14 bits per heavy atom. The molecular weight excluding hydrogens is 381 g/mol. The minimum Gasteiger partial charge on any atom is -0.493 e. The average Bonchev–Trinajstić information content (AvgIpc) is 3.43. The lowest BCUT2D eigenvalue weighted by molar-refractivity contribution is -0.118. The second-order valence-electron chi connectivity index (χ2n) is 7.46. The highest BCUT2D eigenvalue weighted by Crippen LogP contribution is 2.32. The number of nitrogens with one attached hydrogen (secondary N) is 2. The molecule has 154 valence electrons. The highest BCUT2D eigenvalue weighted by molar-refractivity contribution is 7.97. The largest absolute Gasteiger partial charge is 0.493 e. The van der Waals surface area contributed by atoms with Gasteiger partial charge in [0.25, 0.3) is 0 Å². The Bertz CT molecular complexity index is 699. The number of halogens is 1. The molecule has 28 heavy (non-hydrogen) atoms. The Hall–Kier alpha value is -1.80. The Morgan fingerprint density at radius 1 is 1.32 bits per heavy atom. The molecule has 1 heterocycles. The van der Waals surface area contributed by atoms with Crippen LogP contribution in [0.15, 0.2) is 18.2 Å². The van der Waals surface area contributed by atoms with Crippen molar-refractivity contribution < 1.29 is 18.7 Å². The number of urea groups is 1. The number of hydrogen-bond donors (Lipinski definition) is 2. The van der Waals surface area contributed by atoms with Gasteiger partial charge in [-0.2, -0.15) is 0 Å². The topological polar surface area (TPSA) is 70.7 Å². The summed E-state index contributed by atoms with van der Waals surface area (Å²) in [6.07, 6.45) is 5.30. The van der Waals surface area contributed by atoms with Crippen molar-refractivity contribution in [3.63, 3.8) is 0 Å². The number of carbonyl (C=O) groups excluding carboxylic acids is 2. The lowest BCUT2D eigenvalue weighted by Gasteiger charge is -2.18. The third-order valence-electron chi connectivity index (χ3n) is 4.92. The van der Waals surface area contributed by atoms with Crippen molar-refractivity contribution in [3.8, 4) is 5.75 Å². The van der Waals surface area contributed by atoms with Crippen LogP contribution in [0.1, 0.15) is 50.6 Å². The summed E-state index contributed by atoms with van der Waals surface area (Å²) < 4.78 is 22.8. The number of unbranched alkanes of at least 4 members (excludes halogenated alkanes) is 2. The van der Waals surface area contributed by atoms with E-state index in [1.807, 2.05) is 6.92 Å². The van der Waals surface area contributed by atoms with E-state index in [1.54, 1.807) is 22.9 Å². The average molecular weight is 410 g/mol. The molecule has 2 aliphatic rings. The van der Waals surface area contributed by atoms with E-state index in [-0.39, 0.29) is 30.3 Å². The van der Waals surface area contributed by atoms with Gasteiger partial charge in [-0.25, -0.2) is 9.18 Å². The summed E-state index contributed by atoms with van der Waals surface area (Å²) in [4.78, 5) is 24.1. The first-order valence-corrected chi connectivity index (χ1v) is 10.9. The van der Waals surface area contributed by atoms with Crippen LogP contribution in [0, 0.1) is 11.7 Å². The van der Waals surface area contributed by atoms with E-state index in [4.69, 9.17) is 4.74 Å². The predicted octanol–water partition coefficient (Wildman–Crippen LogP) is 3.64. The Labute approximate surface area is 169 Å². The molecule has 0 aromatic heterocycles. The zero-order chi connectivity index (χ0) is 19.9. The van der Waals surface area contributed by atoms with E-state index in [0.29, 0.717) is 24.8 Å². The maximum Gasteiger partial charge on any atom is 0.324 e. The highest BCUT2D eigenvalue weighted by Gasteiger charge is 2.25. The van der Waals surface area contributed by atoms with Gasteiger partial charge in [0, 0.05) is 30.0 Å². The van der Waals surface area contributed by atoms with Gasteiger partial charge in [-0.15, -0.1) is 0 Å². The van der Waals surface area contributed by atoms with Gasteiger partial charge in [0.15, 0.2) is 0 Å². The zero-order valence-electron chi connectivity index (χ0n) is 16.2. The highest BCUT2D eigenvalue weighted by atomic mass is 32.2. The first kappa shape index (κ1) is 20.9. The molecular formula is C20H28FN3O3S. The second-order valence-corrected chi connectivity index (χ2v) is 8.39. The predicted molar refractivity (Wildman–Crippen MR) is 108 cm³/mol. The first-order chi connectivity index (χ1) is 13.5. The van der Waals surface area contributed by atoms with Crippen molar-refractivity contribution in [1.82, 2.24) is 14.9 Å². The monoisotopic (exact) mass is 409 g/mol. The molecule has 1 aromatic rings. The number of rotatable bonds is 12. The van der Waals surface area contributed by atoms with E-state index in [0.717, 1.165) is 30.6 Å². The number of carbonyl (C=O) groups is 2. The van der Waals surface area contributed by atoms with E-state index < -0.39 is 0 Å². The fourth-order valence-electron chi connectivity index (χ4n) is 3.05. The van der Waals surface area contributed by atoms with Crippen LogP contribution in [0.25, 0.3) is 0 Å². The standard InChI is InChI=1S/C20H28FN3O3S/c1-14(17-8-7-16(21)11-18(17)27-13-15-5-6-15)23-28-10-4-2-3-9-24-12-19(25)22-20(24)26/h7-8,11,14-15,23H,2-6,9-10,12-13H2,1H3,(H,22,25,26). The third-order valence-corrected chi connectivity index (χ3v) is 5.93. The molecule has 0 bridgehead atoms. The summed E-state index contributed by atoms with van der Waals surface area (Å²) in [5.41, 5.74) is 0.972. The van der Waals surface area contributed by atoms with Crippen LogP contribution >= 0.6 is 11.9 Å². The van der Waals surface area contributed by atoms with Gasteiger partial charge in [-0.05, 0) is 44.6 Å². The molecule has 0 spiro atoms. The Balaban J connectivity index is 1.32.